The van der Waals surface area contributed by atoms with Crippen LogP contribution >= 0.6 is 0 Å². The van der Waals surface area contributed by atoms with E-state index >= 15 is 0 Å². The van der Waals surface area contributed by atoms with Gasteiger partial charge >= 0.3 is 0 Å². The Morgan fingerprint density at radius 1 is 1.24 bits per heavy atom. The van der Waals surface area contributed by atoms with Crippen LogP contribution in [0.3, 0.4) is 0 Å². The summed E-state index contributed by atoms with van der Waals surface area (Å²) in [6, 6.07) is 9.59. The molecule has 1 amide bonds. The lowest BCUT2D eigenvalue weighted by Crippen LogP contribution is -2.40. The SMILES string of the molecule is CC(NC(=O)C#Cc1ccccc1)C(C)(C)C. The second kappa shape index (κ2) is 5.54. The molecule has 0 saturated heterocycles. The van der Waals surface area contributed by atoms with E-state index in [0.717, 1.165) is 5.56 Å². The van der Waals surface area contributed by atoms with Crippen LogP contribution in [0.2, 0.25) is 0 Å². The Hall–Kier alpha value is -1.75. The highest BCUT2D eigenvalue weighted by Gasteiger charge is 2.20. The fourth-order valence-electron chi connectivity index (χ4n) is 1.10. The lowest BCUT2D eigenvalue weighted by molar-refractivity contribution is -0.116. The summed E-state index contributed by atoms with van der Waals surface area (Å²) in [5, 5.41) is 2.88. The largest absolute Gasteiger partial charge is 0.342 e. The third-order valence-corrected chi connectivity index (χ3v) is 2.74. The number of carbonyl (C=O) groups is 1. The van der Waals surface area contributed by atoms with Crippen molar-refractivity contribution >= 4 is 5.91 Å². The van der Waals surface area contributed by atoms with Crippen molar-refractivity contribution in [2.45, 2.75) is 33.7 Å². The summed E-state index contributed by atoms with van der Waals surface area (Å²) in [5.74, 6) is 5.22. The summed E-state index contributed by atoms with van der Waals surface area (Å²) in [6.07, 6.45) is 0. The van der Waals surface area contributed by atoms with Crippen molar-refractivity contribution in [3.63, 3.8) is 0 Å². The van der Waals surface area contributed by atoms with Gasteiger partial charge in [0, 0.05) is 17.5 Å². The maximum atomic E-state index is 11.6. The van der Waals surface area contributed by atoms with E-state index in [1.54, 1.807) is 0 Å². The molecule has 1 rings (SSSR count). The molecule has 0 spiro atoms. The van der Waals surface area contributed by atoms with Gasteiger partial charge in [0.1, 0.15) is 0 Å². The minimum atomic E-state index is -0.226. The number of rotatable bonds is 1. The number of carbonyl (C=O) groups excluding carboxylic acids is 1. The highest BCUT2D eigenvalue weighted by atomic mass is 16.1. The van der Waals surface area contributed by atoms with E-state index < -0.39 is 0 Å². The molecule has 2 nitrogen and oxygen atoms in total. The Kier molecular flexibility index (Phi) is 4.34. The van der Waals surface area contributed by atoms with Crippen molar-refractivity contribution in [3.8, 4) is 11.8 Å². The van der Waals surface area contributed by atoms with E-state index in [1.165, 1.54) is 0 Å². The minimum Gasteiger partial charge on any atom is -0.342 e. The molecule has 2 heteroatoms. The van der Waals surface area contributed by atoms with Crippen LogP contribution in [-0.2, 0) is 4.79 Å². The van der Waals surface area contributed by atoms with Crippen LogP contribution in [-0.4, -0.2) is 11.9 Å². The van der Waals surface area contributed by atoms with Crippen LogP contribution < -0.4 is 5.32 Å². The van der Waals surface area contributed by atoms with Gasteiger partial charge in [-0.1, -0.05) is 44.9 Å². The Morgan fingerprint density at radius 3 is 2.35 bits per heavy atom. The number of nitrogens with one attached hydrogen (secondary N) is 1. The molecule has 0 fully saturated rings. The zero-order valence-electron chi connectivity index (χ0n) is 10.9. The van der Waals surface area contributed by atoms with Crippen LogP contribution in [0.1, 0.15) is 33.3 Å². The standard InChI is InChI=1S/C15H19NO/c1-12(15(2,3)4)16-14(17)11-10-13-8-6-5-7-9-13/h5-9,12H,1-4H3,(H,16,17). The molecule has 90 valence electrons. The Labute approximate surface area is 103 Å². The van der Waals surface area contributed by atoms with Crippen LogP contribution in [0.15, 0.2) is 30.3 Å². The Morgan fingerprint density at radius 2 is 1.82 bits per heavy atom. The van der Waals surface area contributed by atoms with Gasteiger partial charge in [-0.3, -0.25) is 4.79 Å². The second-order valence-electron chi connectivity index (χ2n) is 5.18. The van der Waals surface area contributed by atoms with E-state index in [-0.39, 0.29) is 17.4 Å². The molecule has 0 aliphatic carbocycles. The van der Waals surface area contributed by atoms with Gasteiger partial charge < -0.3 is 5.32 Å². The fraction of sp³-hybridized carbons (Fsp3) is 0.400. The highest BCUT2D eigenvalue weighted by Crippen LogP contribution is 2.18. The quantitative estimate of drug-likeness (QED) is 0.737. The minimum absolute atomic E-state index is 0.0457. The second-order valence-corrected chi connectivity index (χ2v) is 5.18. The van der Waals surface area contributed by atoms with Gasteiger partial charge in [0.25, 0.3) is 5.91 Å². The van der Waals surface area contributed by atoms with Gasteiger partial charge in [0.15, 0.2) is 0 Å². The number of amides is 1. The molecule has 0 bridgehead atoms. The zero-order chi connectivity index (χ0) is 12.9. The number of benzene rings is 1. The Bertz CT molecular complexity index is 431. The molecule has 0 heterocycles. The predicted octanol–water partition coefficient (Wildman–Crippen LogP) is 2.59. The molecule has 1 aromatic carbocycles. The average molecular weight is 229 g/mol. The smallest absolute Gasteiger partial charge is 0.296 e. The lowest BCUT2D eigenvalue weighted by Gasteiger charge is -2.27. The predicted molar refractivity (Wildman–Crippen MR) is 70.4 cm³/mol. The maximum Gasteiger partial charge on any atom is 0.296 e. The third-order valence-electron chi connectivity index (χ3n) is 2.74. The molecule has 1 unspecified atom stereocenters. The van der Waals surface area contributed by atoms with Crippen LogP contribution in [0, 0.1) is 17.3 Å². The van der Waals surface area contributed by atoms with Gasteiger partial charge in [0.05, 0.1) is 0 Å². The van der Waals surface area contributed by atoms with Crippen molar-refractivity contribution in [1.82, 2.24) is 5.32 Å². The van der Waals surface area contributed by atoms with Gasteiger partial charge in [-0.05, 0) is 24.5 Å². The number of hydrogen-bond donors (Lipinski definition) is 1. The molecule has 0 aliphatic heterocycles. The van der Waals surface area contributed by atoms with E-state index in [1.807, 2.05) is 37.3 Å². The first-order valence-corrected chi connectivity index (χ1v) is 5.77. The molecular weight excluding hydrogens is 210 g/mol. The number of hydrogen-bond acceptors (Lipinski definition) is 1. The first-order valence-electron chi connectivity index (χ1n) is 5.77. The van der Waals surface area contributed by atoms with E-state index in [4.69, 9.17) is 0 Å². The van der Waals surface area contributed by atoms with Crippen molar-refractivity contribution in [2.24, 2.45) is 5.41 Å². The summed E-state index contributed by atoms with van der Waals surface area (Å²) in [7, 11) is 0. The molecule has 1 aromatic rings. The van der Waals surface area contributed by atoms with Crippen LogP contribution in [0.5, 0.6) is 0 Å². The third kappa shape index (κ3) is 4.74. The van der Waals surface area contributed by atoms with Crippen molar-refractivity contribution in [3.05, 3.63) is 35.9 Å². The maximum absolute atomic E-state index is 11.6. The van der Waals surface area contributed by atoms with Crippen molar-refractivity contribution < 1.29 is 4.79 Å². The van der Waals surface area contributed by atoms with E-state index in [9.17, 15) is 4.79 Å². The normalized spacial score (nSPS) is 12.2. The highest BCUT2D eigenvalue weighted by molar-refractivity contribution is 5.94. The molecule has 0 saturated carbocycles. The molecule has 1 N–H and O–H groups in total. The molecule has 0 aromatic heterocycles. The lowest BCUT2D eigenvalue weighted by atomic mass is 9.88. The van der Waals surface area contributed by atoms with Crippen LogP contribution in [0.4, 0.5) is 0 Å². The van der Waals surface area contributed by atoms with E-state index in [2.05, 4.69) is 37.9 Å². The molecule has 1 atom stereocenters. The summed E-state index contributed by atoms with van der Waals surface area (Å²) in [6.45, 7) is 8.25. The fourth-order valence-corrected chi connectivity index (χ4v) is 1.10. The topological polar surface area (TPSA) is 29.1 Å². The van der Waals surface area contributed by atoms with Gasteiger partial charge in [-0.15, -0.1) is 0 Å². The summed E-state index contributed by atoms with van der Waals surface area (Å²) < 4.78 is 0. The average Bonchev–Trinajstić information content (AvgIpc) is 2.26. The molecule has 0 aliphatic rings. The van der Waals surface area contributed by atoms with Crippen molar-refractivity contribution in [2.75, 3.05) is 0 Å². The van der Waals surface area contributed by atoms with Gasteiger partial charge in [-0.2, -0.15) is 0 Å². The summed E-state index contributed by atoms with van der Waals surface area (Å²) in [5.41, 5.74) is 0.899. The van der Waals surface area contributed by atoms with E-state index in [0.29, 0.717) is 0 Å². The molecule has 0 radical (unpaired) electrons. The first kappa shape index (κ1) is 13.3. The Balaban J connectivity index is 2.60. The molecular formula is C15H19NO. The summed E-state index contributed by atoms with van der Waals surface area (Å²) >= 11 is 0. The van der Waals surface area contributed by atoms with Gasteiger partial charge in [0.2, 0.25) is 0 Å². The monoisotopic (exact) mass is 229 g/mol. The van der Waals surface area contributed by atoms with Gasteiger partial charge in [-0.25, -0.2) is 0 Å². The van der Waals surface area contributed by atoms with Crippen molar-refractivity contribution in [1.29, 1.82) is 0 Å². The molecule has 17 heavy (non-hydrogen) atoms. The first-order chi connectivity index (χ1) is 7.89. The van der Waals surface area contributed by atoms with Crippen LogP contribution in [0.25, 0.3) is 0 Å². The zero-order valence-corrected chi connectivity index (χ0v) is 10.9. The summed E-state index contributed by atoms with van der Waals surface area (Å²) in [4.78, 5) is 11.6.